The van der Waals surface area contributed by atoms with E-state index < -0.39 is 0 Å². The molecular formula is C41H66O3. The zero-order chi connectivity index (χ0) is 31.3. The van der Waals surface area contributed by atoms with Crippen molar-refractivity contribution in [1.29, 1.82) is 0 Å². The first-order valence-corrected chi connectivity index (χ1v) is 18.6. The van der Waals surface area contributed by atoms with Gasteiger partial charge in [0.1, 0.15) is 18.5 Å². The number of carbonyl (C=O) groups excluding carboxylic acids is 1. The van der Waals surface area contributed by atoms with Gasteiger partial charge in [0, 0.05) is 6.42 Å². The average molecular weight is 607 g/mol. The quantitative estimate of drug-likeness (QED) is 0.0682. The molecule has 0 N–H and O–H groups in total. The van der Waals surface area contributed by atoms with Crippen molar-refractivity contribution in [3.05, 3.63) is 65.7 Å². The third-order valence-corrected chi connectivity index (χ3v) is 8.89. The van der Waals surface area contributed by atoms with E-state index >= 15 is 0 Å². The Morgan fingerprint density at radius 1 is 0.545 bits per heavy atom. The minimum Gasteiger partial charge on any atom is -0.489 e. The Balaban J connectivity index is 1.31. The van der Waals surface area contributed by atoms with Crippen LogP contribution in [0.3, 0.4) is 0 Å². The van der Waals surface area contributed by atoms with Crippen LogP contribution in [-0.2, 0) is 16.1 Å². The lowest BCUT2D eigenvalue weighted by Gasteiger charge is -2.14. The summed E-state index contributed by atoms with van der Waals surface area (Å²) >= 11 is 0. The van der Waals surface area contributed by atoms with E-state index in [0.717, 1.165) is 29.7 Å². The Hall–Kier alpha value is -2.29. The molecule has 2 rings (SSSR count). The van der Waals surface area contributed by atoms with Gasteiger partial charge in [0.15, 0.2) is 0 Å². The molecule has 0 amide bonds. The van der Waals surface area contributed by atoms with Crippen LogP contribution in [0.25, 0.3) is 0 Å². The Morgan fingerprint density at radius 2 is 0.955 bits per heavy atom. The first kappa shape index (κ1) is 37.9. The fourth-order valence-corrected chi connectivity index (χ4v) is 5.95. The smallest absolute Gasteiger partial charge is 0.306 e. The Labute approximate surface area is 271 Å². The van der Waals surface area contributed by atoms with Crippen LogP contribution in [0.2, 0.25) is 0 Å². The Kier molecular flexibility index (Phi) is 23.3. The van der Waals surface area contributed by atoms with Crippen molar-refractivity contribution in [2.75, 3.05) is 0 Å². The van der Waals surface area contributed by atoms with Gasteiger partial charge in [-0.3, -0.25) is 4.79 Å². The van der Waals surface area contributed by atoms with Gasteiger partial charge in [0.05, 0.1) is 0 Å². The van der Waals surface area contributed by atoms with Crippen molar-refractivity contribution in [3.8, 4) is 5.75 Å². The molecule has 0 saturated heterocycles. The van der Waals surface area contributed by atoms with Gasteiger partial charge in [-0.05, 0) is 36.6 Å². The van der Waals surface area contributed by atoms with Crippen LogP contribution in [0, 0.1) is 0 Å². The summed E-state index contributed by atoms with van der Waals surface area (Å²) < 4.78 is 11.5. The molecule has 1 atom stereocenters. The lowest BCUT2D eigenvalue weighted by molar-refractivity contribution is -0.148. The second kappa shape index (κ2) is 27.1. The van der Waals surface area contributed by atoms with Crippen LogP contribution in [0.1, 0.15) is 185 Å². The lowest BCUT2D eigenvalue weighted by atomic mass is 10.0. The number of esters is 1. The molecular weight excluding hydrogens is 540 g/mol. The minimum atomic E-state index is -0.241. The van der Waals surface area contributed by atoms with Crippen LogP contribution in [0.15, 0.2) is 54.6 Å². The van der Waals surface area contributed by atoms with E-state index in [0.29, 0.717) is 13.0 Å². The summed E-state index contributed by atoms with van der Waals surface area (Å²) in [7, 11) is 0. The van der Waals surface area contributed by atoms with E-state index in [1.165, 1.54) is 135 Å². The molecule has 0 aliphatic carbocycles. The van der Waals surface area contributed by atoms with Crippen molar-refractivity contribution in [1.82, 2.24) is 0 Å². The molecule has 0 saturated carbocycles. The highest BCUT2D eigenvalue weighted by molar-refractivity contribution is 5.69. The van der Waals surface area contributed by atoms with Crippen molar-refractivity contribution in [3.63, 3.8) is 0 Å². The number of ether oxygens (including phenoxy) is 2. The Bertz CT molecular complexity index is 907. The summed E-state index contributed by atoms with van der Waals surface area (Å²) in [5, 5.41) is 0. The number of hydrogen-bond donors (Lipinski definition) is 0. The van der Waals surface area contributed by atoms with Crippen LogP contribution in [-0.4, -0.2) is 5.97 Å². The maximum absolute atomic E-state index is 12.3. The van der Waals surface area contributed by atoms with Gasteiger partial charge in [0.25, 0.3) is 0 Å². The normalized spacial score (nSPS) is 11.9. The number of hydrogen-bond acceptors (Lipinski definition) is 3. The molecule has 1 unspecified atom stereocenters. The van der Waals surface area contributed by atoms with Crippen LogP contribution in [0.4, 0.5) is 0 Å². The van der Waals surface area contributed by atoms with Gasteiger partial charge in [-0.1, -0.05) is 191 Å². The van der Waals surface area contributed by atoms with E-state index in [4.69, 9.17) is 9.47 Å². The monoisotopic (exact) mass is 607 g/mol. The van der Waals surface area contributed by atoms with Gasteiger partial charge < -0.3 is 9.47 Å². The number of unbranched alkanes of at least 4 members (excludes halogenated alkanes) is 22. The molecule has 248 valence electrons. The Morgan fingerprint density at radius 3 is 1.39 bits per heavy atom. The first-order chi connectivity index (χ1) is 21.7. The molecule has 44 heavy (non-hydrogen) atoms. The third kappa shape index (κ3) is 20.6. The number of carbonyl (C=O) groups is 1. The summed E-state index contributed by atoms with van der Waals surface area (Å²) in [5.74, 6) is 0.728. The summed E-state index contributed by atoms with van der Waals surface area (Å²) in [6, 6.07) is 18.0. The summed E-state index contributed by atoms with van der Waals surface area (Å²) in [6.45, 7) is 4.78. The summed E-state index contributed by atoms with van der Waals surface area (Å²) in [4.78, 5) is 12.3. The van der Waals surface area contributed by atoms with Crippen molar-refractivity contribution in [2.24, 2.45) is 0 Å². The first-order valence-electron chi connectivity index (χ1n) is 18.6. The third-order valence-electron chi connectivity index (χ3n) is 8.89. The minimum absolute atomic E-state index is 0.0922. The van der Waals surface area contributed by atoms with Crippen LogP contribution < -0.4 is 4.74 Å². The molecule has 0 fully saturated rings. The van der Waals surface area contributed by atoms with E-state index in [2.05, 4.69) is 19.1 Å². The lowest BCUT2D eigenvalue weighted by Crippen LogP contribution is -2.08. The zero-order valence-electron chi connectivity index (χ0n) is 28.7. The van der Waals surface area contributed by atoms with Gasteiger partial charge in [-0.2, -0.15) is 0 Å². The topological polar surface area (TPSA) is 35.5 Å². The summed E-state index contributed by atoms with van der Waals surface area (Å²) in [5.41, 5.74) is 2.14. The summed E-state index contributed by atoms with van der Waals surface area (Å²) in [6.07, 6.45) is 32.0. The van der Waals surface area contributed by atoms with E-state index in [1.54, 1.807) is 0 Å². The molecule has 0 aliphatic rings. The van der Waals surface area contributed by atoms with Gasteiger partial charge >= 0.3 is 5.97 Å². The zero-order valence-corrected chi connectivity index (χ0v) is 28.7. The predicted molar refractivity (Wildman–Crippen MR) is 188 cm³/mol. The fourth-order valence-electron chi connectivity index (χ4n) is 5.95. The van der Waals surface area contributed by atoms with Crippen LogP contribution in [0.5, 0.6) is 5.75 Å². The second-order valence-electron chi connectivity index (χ2n) is 13.0. The van der Waals surface area contributed by atoms with E-state index in [-0.39, 0.29) is 12.1 Å². The molecule has 0 heterocycles. The van der Waals surface area contributed by atoms with Crippen molar-refractivity contribution < 1.29 is 14.3 Å². The standard InChI is InChI=1S/C41H66O3/c1-3-4-5-6-7-8-9-10-11-12-13-14-15-16-17-18-19-20-21-22-23-24-28-31-41(42)44-37(2)39-32-34-40(35-33-39)43-36-38-29-26-25-27-30-38/h25-27,29-30,32-35,37H,3-24,28,31,36H2,1-2H3. The highest BCUT2D eigenvalue weighted by Gasteiger charge is 2.12. The fraction of sp³-hybridized carbons (Fsp3) is 0.683. The van der Waals surface area contributed by atoms with Crippen molar-refractivity contribution in [2.45, 2.75) is 181 Å². The molecule has 0 bridgehead atoms. The maximum atomic E-state index is 12.3. The number of rotatable bonds is 29. The highest BCUT2D eigenvalue weighted by Crippen LogP contribution is 2.22. The van der Waals surface area contributed by atoms with Gasteiger partial charge in [-0.15, -0.1) is 0 Å². The molecule has 0 spiro atoms. The average Bonchev–Trinajstić information content (AvgIpc) is 3.05. The van der Waals surface area contributed by atoms with Crippen molar-refractivity contribution >= 4 is 5.97 Å². The molecule has 3 heteroatoms. The van der Waals surface area contributed by atoms with Gasteiger partial charge in [-0.25, -0.2) is 0 Å². The largest absolute Gasteiger partial charge is 0.489 e. The second-order valence-corrected chi connectivity index (χ2v) is 13.0. The number of benzene rings is 2. The van der Waals surface area contributed by atoms with E-state index in [1.807, 2.05) is 49.4 Å². The molecule has 2 aromatic rings. The molecule has 0 aliphatic heterocycles. The van der Waals surface area contributed by atoms with E-state index in [9.17, 15) is 4.79 Å². The maximum Gasteiger partial charge on any atom is 0.306 e. The molecule has 3 nitrogen and oxygen atoms in total. The molecule has 0 radical (unpaired) electrons. The highest BCUT2D eigenvalue weighted by atomic mass is 16.5. The molecule has 2 aromatic carbocycles. The molecule has 0 aromatic heterocycles. The van der Waals surface area contributed by atoms with Gasteiger partial charge in [0.2, 0.25) is 0 Å². The predicted octanol–water partition coefficient (Wildman–Crippen LogP) is 13.3. The van der Waals surface area contributed by atoms with Crippen LogP contribution >= 0.6 is 0 Å². The SMILES string of the molecule is CCCCCCCCCCCCCCCCCCCCCCCCCC(=O)OC(C)c1ccc(OCc2ccccc2)cc1.